The lowest BCUT2D eigenvalue weighted by Crippen LogP contribution is -2.45. The van der Waals surface area contributed by atoms with E-state index in [-0.39, 0.29) is 12.1 Å². The lowest BCUT2D eigenvalue weighted by molar-refractivity contribution is -0.0591. The van der Waals surface area contributed by atoms with Crippen molar-refractivity contribution in [2.24, 2.45) is 0 Å². The van der Waals surface area contributed by atoms with Crippen LogP contribution in [0.2, 0.25) is 0 Å². The second-order valence-electron chi connectivity index (χ2n) is 6.20. The molecule has 2 rings (SSSR count). The van der Waals surface area contributed by atoms with Crippen molar-refractivity contribution in [3.8, 4) is 0 Å². The molecule has 1 aromatic rings. The van der Waals surface area contributed by atoms with Crippen LogP contribution in [0, 0.1) is 6.92 Å². The van der Waals surface area contributed by atoms with Gasteiger partial charge in [0.05, 0.1) is 6.54 Å². The van der Waals surface area contributed by atoms with E-state index in [1.165, 1.54) is 6.07 Å². The highest BCUT2D eigenvalue weighted by Crippen LogP contribution is 2.37. The van der Waals surface area contributed by atoms with E-state index < -0.39 is 24.2 Å². The number of fused-ring (bicyclic) bond motifs is 1. The summed E-state index contributed by atoms with van der Waals surface area (Å²) in [4.78, 5) is 13.0. The highest BCUT2D eigenvalue weighted by molar-refractivity contribution is 5.69. The number of halogens is 2. The SMILES string of the molecule is Cc1ccc2c(c1)C(F)(F)CN(C(=O)OC(C)(C)C)C2. The average Bonchev–Trinajstić information content (AvgIpc) is 2.27. The molecule has 0 fully saturated rings. The van der Waals surface area contributed by atoms with Crippen molar-refractivity contribution in [2.75, 3.05) is 6.54 Å². The molecule has 0 aliphatic carbocycles. The lowest BCUT2D eigenvalue weighted by Gasteiger charge is -2.35. The van der Waals surface area contributed by atoms with Gasteiger partial charge in [0.25, 0.3) is 5.92 Å². The molecule has 0 radical (unpaired) electrons. The van der Waals surface area contributed by atoms with Crippen LogP contribution in [0.4, 0.5) is 13.6 Å². The molecular formula is C15H19F2NO2. The van der Waals surface area contributed by atoms with Gasteiger partial charge in [0.2, 0.25) is 0 Å². The van der Waals surface area contributed by atoms with Crippen LogP contribution in [-0.4, -0.2) is 23.1 Å². The van der Waals surface area contributed by atoms with Crippen molar-refractivity contribution in [1.82, 2.24) is 4.90 Å². The van der Waals surface area contributed by atoms with E-state index in [4.69, 9.17) is 4.74 Å². The Kier molecular flexibility index (Phi) is 3.48. The van der Waals surface area contributed by atoms with Gasteiger partial charge in [-0.25, -0.2) is 4.79 Å². The monoisotopic (exact) mass is 283 g/mol. The number of carbonyl (C=O) groups is 1. The maximum Gasteiger partial charge on any atom is 0.410 e. The molecule has 0 N–H and O–H groups in total. The minimum absolute atomic E-state index is 0.0114. The van der Waals surface area contributed by atoms with Crippen molar-refractivity contribution in [3.63, 3.8) is 0 Å². The Morgan fingerprint density at radius 1 is 1.35 bits per heavy atom. The Hall–Kier alpha value is -1.65. The van der Waals surface area contributed by atoms with Gasteiger partial charge in [0, 0.05) is 12.1 Å². The van der Waals surface area contributed by atoms with Gasteiger partial charge in [-0.1, -0.05) is 17.7 Å². The molecule has 3 nitrogen and oxygen atoms in total. The van der Waals surface area contributed by atoms with Crippen LogP contribution >= 0.6 is 0 Å². The second-order valence-corrected chi connectivity index (χ2v) is 6.20. The standard InChI is InChI=1S/C15H19F2NO2/c1-10-5-6-11-8-18(13(19)20-14(2,3)4)9-15(16,17)12(11)7-10/h5-7H,8-9H2,1-4H3. The lowest BCUT2D eigenvalue weighted by atomic mass is 9.95. The number of ether oxygens (including phenoxy) is 1. The molecule has 1 heterocycles. The molecule has 1 amide bonds. The van der Waals surface area contributed by atoms with Crippen molar-refractivity contribution in [3.05, 3.63) is 34.9 Å². The van der Waals surface area contributed by atoms with Crippen LogP contribution in [0.15, 0.2) is 18.2 Å². The Morgan fingerprint density at radius 3 is 2.60 bits per heavy atom. The summed E-state index contributed by atoms with van der Waals surface area (Å²) >= 11 is 0. The first-order valence-electron chi connectivity index (χ1n) is 6.54. The number of alkyl halides is 2. The van der Waals surface area contributed by atoms with E-state index >= 15 is 0 Å². The van der Waals surface area contributed by atoms with E-state index in [0.717, 1.165) is 10.5 Å². The molecule has 0 spiro atoms. The van der Waals surface area contributed by atoms with Crippen LogP contribution in [0.25, 0.3) is 0 Å². The van der Waals surface area contributed by atoms with E-state index in [0.29, 0.717) is 5.56 Å². The molecular weight excluding hydrogens is 264 g/mol. The zero-order chi connectivity index (χ0) is 15.1. The molecule has 0 aromatic heterocycles. The van der Waals surface area contributed by atoms with Gasteiger partial charge in [-0.3, -0.25) is 4.90 Å². The Balaban J connectivity index is 2.27. The number of amides is 1. The molecule has 0 saturated heterocycles. The number of aryl methyl sites for hydroxylation is 1. The largest absolute Gasteiger partial charge is 0.444 e. The van der Waals surface area contributed by atoms with Crippen molar-refractivity contribution < 1.29 is 18.3 Å². The normalized spacial score (nSPS) is 17.6. The van der Waals surface area contributed by atoms with E-state index in [1.807, 2.05) is 0 Å². The summed E-state index contributed by atoms with van der Waals surface area (Å²) in [7, 11) is 0. The predicted molar refractivity (Wildman–Crippen MR) is 71.7 cm³/mol. The maximum absolute atomic E-state index is 14.2. The van der Waals surface area contributed by atoms with Crippen LogP contribution in [-0.2, 0) is 17.2 Å². The third-order valence-corrected chi connectivity index (χ3v) is 3.06. The summed E-state index contributed by atoms with van der Waals surface area (Å²) in [5.41, 5.74) is 0.573. The van der Waals surface area contributed by atoms with Crippen molar-refractivity contribution in [2.45, 2.75) is 45.8 Å². The van der Waals surface area contributed by atoms with Gasteiger partial charge in [-0.15, -0.1) is 0 Å². The van der Waals surface area contributed by atoms with Gasteiger partial charge in [0.15, 0.2) is 0 Å². The Morgan fingerprint density at radius 2 is 2.00 bits per heavy atom. The number of nitrogens with zero attached hydrogens (tertiary/aromatic N) is 1. The molecule has 5 heteroatoms. The summed E-state index contributed by atoms with van der Waals surface area (Å²) < 4.78 is 33.5. The fraction of sp³-hybridized carbons (Fsp3) is 0.533. The summed E-state index contributed by atoms with van der Waals surface area (Å²) in [5, 5.41) is 0. The van der Waals surface area contributed by atoms with Gasteiger partial charge < -0.3 is 4.74 Å². The smallest absolute Gasteiger partial charge is 0.410 e. The first-order chi connectivity index (χ1) is 9.08. The summed E-state index contributed by atoms with van der Waals surface area (Å²) in [6, 6.07) is 4.91. The van der Waals surface area contributed by atoms with Crippen molar-refractivity contribution in [1.29, 1.82) is 0 Å². The quantitative estimate of drug-likeness (QED) is 0.724. The number of hydrogen-bond donors (Lipinski definition) is 0. The fourth-order valence-corrected chi connectivity index (χ4v) is 2.21. The van der Waals surface area contributed by atoms with Crippen LogP contribution in [0.1, 0.15) is 37.5 Å². The summed E-state index contributed by atoms with van der Waals surface area (Å²) in [5.74, 6) is -3.05. The van der Waals surface area contributed by atoms with Crippen molar-refractivity contribution >= 4 is 6.09 Å². The number of benzene rings is 1. The van der Waals surface area contributed by atoms with Gasteiger partial charge in [-0.2, -0.15) is 8.78 Å². The van der Waals surface area contributed by atoms with E-state index in [9.17, 15) is 13.6 Å². The average molecular weight is 283 g/mol. The summed E-state index contributed by atoms with van der Waals surface area (Å²) in [6.07, 6.45) is -0.705. The zero-order valence-corrected chi connectivity index (χ0v) is 12.2. The van der Waals surface area contributed by atoms with E-state index in [1.54, 1.807) is 39.8 Å². The minimum atomic E-state index is -3.05. The molecule has 0 atom stereocenters. The molecule has 1 aromatic carbocycles. The van der Waals surface area contributed by atoms with Gasteiger partial charge in [-0.05, 0) is 39.3 Å². The van der Waals surface area contributed by atoms with Crippen LogP contribution in [0.3, 0.4) is 0 Å². The molecule has 0 bridgehead atoms. The molecule has 1 aliphatic rings. The second kappa shape index (κ2) is 4.72. The van der Waals surface area contributed by atoms with Crippen LogP contribution in [0.5, 0.6) is 0 Å². The minimum Gasteiger partial charge on any atom is -0.444 e. The zero-order valence-electron chi connectivity index (χ0n) is 12.2. The number of hydrogen-bond acceptors (Lipinski definition) is 2. The first kappa shape index (κ1) is 14.8. The highest BCUT2D eigenvalue weighted by Gasteiger charge is 2.42. The predicted octanol–water partition coefficient (Wildman–Crippen LogP) is 3.84. The fourth-order valence-electron chi connectivity index (χ4n) is 2.21. The third kappa shape index (κ3) is 3.08. The first-order valence-corrected chi connectivity index (χ1v) is 6.54. The number of carbonyl (C=O) groups excluding carboxylic acids is 1. The molecule has 20 heavy (non-hydrogen) atoms. The topological polar surface area (TPSA) is 29.5 Å². The number of rotatable bonds is 0. The van der Waals surface area contributed by atoms with Gasteiger partial charge >= 0.3 is 6.09 Å². The Labute approximate surface area is 117 Å². The molecule has 0 saturated carbocycles. The maximum atomic E-state index is 14.2. The van der Waals surface area contributed by atoms with Crippen LogP contribution < -0.4 is 0 Å². The molecule has 0 unspecified atom stereocenters. The highest BCUT2D eigenvalue weighted by atomic mass is 19.3. The summed E-state index contributed by atoms with van der Waals surface area (Å²) in [6.45, 7) is 6.42. The Bertz CT molecular complexity index is 535. The molecule has 1 aliphatic heterocycles. The third-order valence-electron chi connectivity index (χ3n) is 3.06. The van der Waals surface area contributed by atoms with Gasteiger partial charge in [0.1, 0.15) is 5.60 Å². The molecule has 110 valence electrons. The van der Waals surface area contributed by atoms with E-state index in [2.05, 4.69) is 0 Å².